The Hall–Kier alpha value is -2.14. The third-order valence-electron chi connectivity index (χ3n) is 4.49. The van der Waals surface area contributed by atoms with Crippen LogP contribution in [-0.2, 0) is 19.1 Å². The summed E-state index contributed by atoms with van der Waals surface area (Å²) in [4.78, 5) is 24.0. The van der Waals surface area contributed by atoms with E-state index in [1.807, 2.05) is 26.0 Å². The summed E-state index contributed by atoms with van der Waals surface area (Å²) in [5.74, 6) is -1.69. The van der Waals surface area contributed by atoms with E-state index in [4.69, 9.17) is 9.47 Å². The fourth-order valence-corrected chi connectivity index (χ4v) is 3.17. The van der Waals surface area contributed by atoms with Gasteiger partial charge >= 0.3 is 11.9 Å². The number of esters is 2. The summed E-state index contributed by atoms with van der Waals surface area (Å²) >= 11 is 0. The van der Waals surface area contributed by atoms with Gasteiger partial charge in [-0.25, -0.2) is 9.59 Å². The highest BCUT2D eigenvalue weighted by Gasteiger charge is 2.46. The predicted octanol–water partition coefficient (Wildman–Crippen LogP) is 3.01. The van der Waals surface area contributed by atoms with Gasteiger partial charge in [0.05, 0.1) is 5.92 Å². The van der Waals surface area contributed by atoms with Crippen LogP contribution in [0.1, 0.15) is 40.5 Å². The number of ether oxygens (including phenoxy) is 2. The number of carbonyl (C=O) groups is 2. The van der Waals surface area contributed by atoms with Gasteiger partial charge in [0.25, 0.3) is 0 Å². The highest BCUT2D eigenvalue weighted by molar-refractivity contribution is 5.91. The second-order valence-electron chi connectivity index (χ2n) is 6.99. The smallest absolute Gasteiger partial charge is 0.334 e. The van der Waals surface area contributed by atoms with Gasteiger partial charge in [0.2, 0.25) is 0 Å². The van der Waals surface area contributed by atoms with E-state index in [9.17, 15) is 14.7 Å². The van der Waals surface area contributed by atoms with Gasteiger partial charge < -0.3 is 14.6 Å². The van der Waals surface area contributed by atoms with Gasteiger partial charge in [0.15, 0.2) is 0 Å². The summed E-state index contributed by atoms with van der Waals surface area (Å²) < 4.78 is 10.9. The lowest BCUT2D eigenvalue weighted by Crippen LogP contribution is -2.41. The second kappa shape index (κ2) is 7.83. The van der Waals surface area contributed by atoms with Crippen LogP contribution in [0.2, 0.25) is 0 Å². The maximum absolute atomic E-state index is 12.1. The Morgan fingerprint density at radius 1 is 1.40 bits per heavy atom. The maximum Gasteiger partial charge on any atom is 0.334 e. The zero-order chi connectivity index (χ0) is 18.7. The van der Waals surface area contributed by atoms with E-state index in [1.165, 1.54) is 6.08 Å². The monoisotopic (exact) mass is 346 g/mol. The first-order chi connectivity index (χ1) is 11.7. The van der Waals surface area contributed by atoms with Crippen LogP contribution in [0, 0.1) is 5.92 Å². The van der Waals surface area contributed by atoms with Crippen LogP contribution in [0.15, 0.2) is 47.1 Å². The van der Waals surface area contributed by atoms with Crippen LogP contribution in [0.3, 0.4) is 0 Å². The van der Waals surface area contributed by atoms with Crippen molar-refractivity contribution in [1.29, 1.82) is 0 Å². The van der Waals surface area contributed by atoms with Gasteiger partial charge in [-0.2, -0.15) is 0 Å². The van der Waals surface area contributed by atoms with Gasteiger partial charge in [-0.3, -0.25) is 0 Å². The van der Waals surface area contributed by atoms with Crippen molar-refractivity contribution in [2.24, 2.45) is 5.92 Å². The van der Waals surface area contributed by atoms with Crippen LogP contribution in [0.25, 0.3) is 0 Å². The molecule has 0 unspecified atom stereocenters. The Kier molecular flexibility index (Phi) is 6.01. The summed E-state index contributed by atoms with van der Waals surface area (Å²) in [6.45, 7) is 11.1. The number of rotatable bonds is 2. The van der Waals surface area contributed by atoms with Crippen molar-refractivity contribution in [3.63, 3.8) is 0 Å². The Balaban J connectivity index is 2.39. The SMILES string of the molecule is C=C1C(=O)O[C@@H]2/C=C(\C)CC/C=C(\C)[C@@H](OC(=O)C=C(C)C)[C@H](O)[C@@H]12. The van der Waals surface area contributed by atoms with Crippen LogP contribution in [0.5, 0.6) is 0 Å². The molecule has 0 aromatic rings. The van der Waals surface area contributed by atoms with Crippen molar-refractivity contribution in [3.8, 4) is 0 Å². The van der Waals surface area contributed by atoms with E-state index >= 15 is 0 Å². The standard InChI is InChI=1S/C20H26O5/c1-11(2)9-16(21)25-19-13(4)8-6-7-12(3)10-15-17(18(19)22)14(5)20(23)24-15/h8-10,15,17-19,22H,5-7H2,1-4H3/b12-10+,13-8+/t15-,17+,18-,19-/m1/s1. The first-order valence-electron chi connectivity index (χ1n) is 8.48. The Labute approximate surface area is 148 Å². The molecule has 1 aliphatic carbocycles. The van der Waals surface area contributed by atoms with Gasteiger partial charge in [-0.05, 0) is 52.2 Å². The predicted molar refractivity (Wildman–Crippen MR) is 94.6 cm³/mol. The zero-order valence-electron chi connectivity index (χ0n) is 15.2. The van der Waals surface area contributed by atoms with Crippen LogP contribution < -0.4 is 0 Å². The largest absolute Gasteiger partial charge is 0.454 e. The van der Waals surface area contributed by atoms with Gasteiger partial charge in [0.1, 0.15) is 18.3 Å². The first kappa shape index (κ1) is 19.2. The highest BCUT2D eigenvalue weighted by atomic mass is 16.6. The molecular formula is C20H26O5. The van der Waals surface area contributed by atoms with Crippen molar-refractivity contribution in [1.82, 2.24) is 0 Å². The van der Waals surface area contributed by atoms with Crippen molar-refractivity contribution >= 4 is 11.9 Å². The van der Waals surface area contributed by atoms with E-state index in [1.54, 1.807) is 13.8 Å². The molecular weight excluding hydrogens is 320 g/mol. The molecule has 4 atom stereocenters. The van der Waals surface area contributed by atoms with Gasteiger partial charge in [0, 0.05) is 11.6 Å². The molecule has 0 aromatic carbocycles. The number of carbonyl (C=O) groups excluding carboxylic acids is 2. The summed E-state index contributed by atoms with van der Waals surface area (Å²) in [6.07, 6.45) is 4.19. The summed E-state index contributed by atoms with van der Waals surface area (Å²) in [5.41, 5.74) is 2.84. The molecule has 0 amide bonds. The topological polar surface area (TPSA) is 72.8 Å². The summed E-state index contributed by atoms with van der Waals surface area (Å²) in [5, 5.41) is 10.9. The van der Waals surface area contributed by atoms with Crippen LogP contribution >= 0.6 is 0 Å². The maximum atomic E-state index is 12.1. The van der Waals surface area contributed by atoms with Crippen molar-refractivity contribution in [2.75, 3.05) is 0 Å². The Morgan fingerprint density at radius 3 is 2.72 bits per heavy atom. The second-order valence-corrected chi connectivity index (χ2v) is 6.99. The molecule has 1 saturated heterocycles. The molecule has 25 heavy (non-hydrogen) atoms. The minimum Gasteiger partial charge on any atom is -0.454 e. The number of hydrogen-bond acceptors (Lipinski definition) is 5. The molecule has 2 rings (SSSR count). The number of allylic oxidation sites excluding steroid dienone is 3. The van der Waals surface area contributed by atoms with E-state index in [2.05, 4.69) is 6.58 Å². The minimum atomic E-state index is -1.11. The fourth-order valence-electron chi connectivity index (χ4n) is 3.17. The highest BCUT2D eigenvalue weighted by Crippen LogP contribution is 2.35. The molecule has 1 fully saturated rings. The molecule has 0 bridgehead atoms. The fraction of sp³-hybridized carbons (Fsp3) is 0.500. The lowest BCUT2D eigenvalue weighted by molar-refractivity contribution is -0.149. The van der Waals surface area contributed by atoms with E-state index in [0.29, 0.717) is 0 Å². The molecule has 1 N–H and O–H groups in total. The van der Waals surface area contributed by atoms with Crippen LogP contribution in [-0.4, -0.2) is 35.4 Å². The zero-order valence-corrected chi connectivity index (χ0v) is 15.2. The van der Waals surface area contributed by atoms with Crippen molar-refractivity contribution in [2.45, 2.75) is 58.8 Å². The van der Waals surface area contributed by atoms with E-state index in [-0.39, 0.29) is 5.57 Å². The van der Waals surface area contributed by atoms with E-state index in [0.717, 1.165) is 29.6 Å². The number of aliphatic hydroxyl groups excluding tert-OH is 1. The van der Waals surface area contributed by atoms with Gasteiger partial charge in [-0.15, -0.1) is 0 Å². The summed E-state index contributed by atoms with van der Waals surface area (Å²) in [7, 11) is 0. The average molecular weight is 346 g/mol. The molecule has 0 radical (unpaired) electrons. The summed E-state index contributed by atoms with van der Waals surface area (Å²) in [6, 6.07) is 0. The number of aliphatic hydroxyl groups is 1. The average Bonchev–Trinajstić information content (AvgIpc) is 2.77. The third kappa shape index (κ3) is 4.48. The lowest BCUT2D eigenvalue weighted by atomic mass is 9.84. The van der Waals surface area contributed by atoms with Crippen LogP contribution in [0.4, 0.5) is 0 Å². The molecule has 136 valence electrons. The quantitative estimate of drug-likeness (QED) is 0.473. The molecule has 2 aliphatic rings. The van der Waals surface area contributed by atoms with E-state index < -0.39 is 36.2 Å². The van der Waals surface area contributed by atoms with Gasteiger partial charge in [-0.1, -0.05) is 23.8 Å². The molecule has 5 heteroatoms. The lowest BCUT2D eigenvalue weighted by Gasteiger charge is -2.30. The molecule has 1 heterocycles. The van der Waals surface area contributed by atoms with Crippen molar-refractivity contribution < 1.29 is 24.2 Å². The van der Waals surface area contributed by atoms with Crippen molar-refractivity contribution in [3.05, 3.63) is 47.1 Å². The molecule has 5 nitrogen and oxygen atoms in total. The first-order valence-corrected chi connectivity index (χ1v) is 8.48. The Bertz CT molecular complexity index is 664. The third-order valence-corrected chi connectivity index (χ3v) is 4.49. The molecule has 0 saturated carbocycles. The number of hydrogen-bond donors (Lipinski definition) is 1. The Morgan fingerprint density at radius 2 is 2.08 bits per heavy atom. The number of fused-ring (bicyclic) bond motifs is 1. The molecule has 0 spiro atoms. The molecule has 1 aliphatic heterocycles. The molecule has 0 aromatic heterocycles. The normalized spacial score (nSPS) is 34.0. The minimum absolute atomic E-state index is 0.207.